The number of hydrogen-bond acceptors (Lipinski definition) is 7. The first-order valence-corrected chi connectivity index (χ1v) is 9.76. The average molecular weight is 405 g/mol. The molecule has 2 N–H and O–H groups in total. The second-order valence-corrected chi connectivity index (χ2v) is 7.61. The number of imidazole rings is 1. The number of carbonyl (C=O) groups is 1. The smallest absolute Gasteiger partial charge is 0.267 e. The van der Waals surface area contributed by atoms with E-state index in [1.807, 2.05) is 61.9 Å². The van der Waals surface area contributed by atoms with Crippen molar-refractivity contribution in [2.24, 2.45) is 0 Å². The van der Waals surface area contributed by atoms with Crippen molar-refractivity contribution >= 4 is 34.4 Å². The van der Waals surface area contributed by atoms with Crippen LogP contribution in [-0.4, -0.2) is 30.4 Å². The zero-order valence-electron chi connectivity index (χ0n) is 16.2. The highest BCUT2D eigenvalue weighted by molar-refractivity contribution is 7.13. The first-order chi connectivity index (χ1) is 14.0. The maximum atomic E-state index is 12.4. The van der Waals surface area contributed by atoms with Gasteiger partial charge in [-0.2, -0.15) is 0 Å². The molecule has 1 aromatic carbocycles. The van der Waals surface area contributed by atoms with Crippen LogP contribution < -0.4 is 10.6 Å². The van der Waals surface area contributed by atoms with Gasteiger partial charge in [-0.15, -0.1) is 11.3 Å². The molecule has 0 aliphatic heterocycles. The van der Waals surface area contributed by atoms with E-state index in [9.17, 15) is 4.79 Å². The molecule has 0 spiro atoms. The van der Waals surface area contributed by atoms with Crippen LogP contribution in [0, 0.1) is 20.8 Å². The van der Waals surface area contributed by atoms with Crippen LogP contribution in [0.25, 0.3) is 5.82 Å². The lowest BCUT2D eigenvalue weighted by molar-refractivity contribution is 0.103. The Balaban J connectivity index is 1.45. The summed E-state index contributed by atoms with van der Waals surface area (Å²) in [7, 11) is 0. The number of hydrogen-bond donors (Lipinski definition) is 2. The van der Waals surface area contributed by atoms with Crippen LogP contribution >= 0.6 is 11.3 Å². The molecule has 4 rings (SSSR count). The number of benzene rings is 1. The first kappa shape index (κ1) is 18.8. The SMILES string of the molecule is Cc1nc(C)c(C(=O)Nc2ccc(Nc3cc(-n4ccnc4C)ncn3)cc2)s1. The third-order valence-corrected chi connectivity index (χ3v) is 5.32. The number of nitrogens with zero attached hydrogens (tertiary/aromatic N) is 5. The average Bonchev–Trinajstić information content (AvgIpc) is 3.28. The maximum Gasteiger partial charge on any atom is 0.267 e. The Bertz CT molecular complexity index is 1160. The minimum atomic E-state index is -0.148. The number of aromatic nitrogens is 5. The van der Waals surface area contributed by atoms with Gasteiger partial charge in [-0.1, -0.05) is 0 Å². The molecule has 0 fully saturated rings. The van der Waals surface area contributed by atoms with Crippen LogP contribution in [-0.2, 0) is 0 Å². The quantitative estimate of drug-likeness (QED) is 0.520. The summed E-state index contributed by atoms with van der Waals surface area (Å²) in [4.78, 5) is 30.1. The van der Waals surface area contributed by atoms with Crippen LogP contribution in [0.4, 0.5) is 17.2 Å². The summed E-state index contributed by atoms with van der Waals surface area (Å²) in [5, 5.41) is 7.03. The molecule has 9 heteroatoms. The number of rotatable bonds is 5. The Hall–Kier alpha value is -3.59. The predicted octanol–water partition coefficient (Wildman–Crippen LogP) is 4.04. The van der Waals surface area contributed by atoms with Gasteiger partial charge < -0.3 is 10.6 Å². The number of amides is 1. The molecular formula is C20H19N7OS. The predicted molar refractivity (Wildman–Crippen MR) is 113 cm³/mol. The summed E-state index contributed by atoms with van der Waals surface area (Å²) < 4.78 is 1.88. The maximum absolute atomic E-state index is 12.4. The Kier molecular flexibility index (Phi) is 5.05. The van der Waals surface area contributed by atoms with Crippen molar-refractivity contribution in [3.63, 3.8) is 0 Å². The number of aryl methyl sites for hydroxylation is 3. The molecule has 0 aliphatic carbocycles. The second kappa shape index (κ2) is 7.80. The van der Waals surface area contributed by atoms with Gasteiger partial charge in [0.1, 0.15) is 28.7 Å². The zero-order valence-corrected chi connectivity index (χ0v) is 17.0. The van der Waals surface area contributed by atoms with Crippen LogP contribution in [0.5, 0.6) is 0 Å². The highest BCUT2D eigenvalue weighted by Gasteiger charge is 2.14. The van der Waals surface area contributed by atoms with Crippen LogP contribution in [0.15, 0.2) is 49.1 Å². The molecule has 0 bridgehead atoms. The molecule has 3 aromatic heterocycles. The highest BCUT2D eigenvalue weighted by atomic mass is 32.1. The summed E-state index contributed by atoms with van der Waals surface area (Å²) in [5.74, 6) is 2.10. The molecule has 8 nitrogen and oxygen atoms in total. The van der Waals surface area contributed by atoms with Crippen molar-refractivity contribution in [2.45, 2.75) is 20.8 Å². The lowest BCUT2D eigenvalue weighted by atomic mass is 10.2. The summed E-state index contributed by atoms with van der Waals surface area (Å²) in [6, 6.07) is 9.28. The van der Waals surface area contributed by atoms with E-state index in [1.165, 1.54) is 17.7 Å². The fourth-order valence-corrected chi connectivity index (χ4v) is 3.70. The van der Waals surface area contributed by atoms with Crippen molar-refractivity contribution < 1.29 is 4.79 Å². The van der Waals surface area contributed by atoms with E-state index in [2.05, 4.69) is 30.6 Å². The van der Waals surface area contributed by atoms with Gasteiger partial charge in [-0.25, -0.2) is 19.9 Å². The monoisotopic (exact) mass is 405 g/mol. The minimum Gasteiger partial charge on any atom is -0.340 e. The molecule has 0 saturated heterocycles. The molecule has 3 heterocycles. The van der Waals surface area contributed by atoms with E-state index >= 15 is 0 Å². The van der Waals surface area contributed by atoms with Crippen molar-refractivity contribution in [1.29, 1.82) is 0 Å². The van der Waals surface area contributed by atoms with Gasteiger partial charge in [-0.3, -0.25) is 9.36 Å². The van der Waals surface area contributed by atoms with E-state index in [1.54, 1.807) is 6.20 Å². The zero-order chi connectivity index (χ0) is 20.4. The third kappa shape index (κ3) is 4.14. The highest BCUT2D eigenvalue weighted by Crippen LogP contribution is 2.22. The first-order valence-electron chi connectivity index (χ1n) is 8.94. The summed E-state index contributed by atoms with van der Waals surface area (Å²) in [6.07, 6.45) is 5.09. The molecule has 0 saturated carbocycles. The summed E-state index contributed by atoms with van der Waals surface area (Å²) in [5.41, 5.74) is 2.30. The van der Waals surface area contributed by atoms with E-state index in [4.69, 9.17) is 0 Å². The van der Waals surface area contributed by atoms with E-state index < -0.39 is 0 Å². The van der Waals surface area contributed by atoms with Gasteiger partial charge in [0.05, 0.1) is 10.7 Å². The number of thiazole rings is 1. The molecule has 146 valence electrons. The van der Waals surface area contributed by atoms with Crippen molar-refractivity contribution in [3.8, 4) is 5.82 Å². The van der Waals surface area contributed by atoms with Gasteiger partial charge in [0.15, 0.2) is 0 Å². The van der Waals surface area contributed by atoms with Gasteiger partial charge in [0.2, 0.25) is 0 Å². The minimum absolute atomic E-state index is 0.148. The molecule has 0 radical (unpaired) electrons. The van der Waals surface area contributed by atoms with Gasteiger partial charge in [0, 0.05) is 29.8 Å². The molecule has 1 amide bonds. The topological polar surface area (TPSA) is 97.6 Å². The van der Waals surface area contributed by atoms with Crippen molar-refractivity contribution in [2.75, 3.05) is 10.6 Å². The number of anilines is 3. The molecule has 0 unspecified atom stereocenters. The largest absolute Gasteiger partial charge is 0.340 e. The van der Waals surface area contributed by atoms with E-state index in [0.717, 1.165) is 28.0 Å². The van der Waals surface area contributed by atoms with Crippen LogP contribution in [0.1, 0.15) is 26.2 Å². The van der Waals surface area contributed by atoms with Crippen molar-refractivity contribution in [3.05, 3.63) is 70.5 Å². The number of nitrogens with one attached hydrogen (secondary N) is 2. The molecular weight excluding hydrogens is 386 g/mol. The van der Waals surface area contributed by atoms with Crippen LogP contribution in [0.2, 0.25) is 0 Å². The summed E-state index contributed by atoms with van der Waals surface area (Å²) in [6.45, 7) is 5.64. The standard InChI is InChI=1S/C20H19N7OS/c1-12-19(29-14(3)24-12)20(28)26-16-6-4-15(5-7-16)25-17-10-18(23-11-22-17)27-9-8-21-13(27)2/h4-11H,1-3H3,(H,26,28)(H,22,23,25). The normalized spacial score (nSPS) is 10.7. The number of carbonyl (C=O) groups excluding carboxylic acids is 1. The molecule has 4 aromatic rings. The molecule has 29 heavy (non-hydrogen) atoms. The lowest BCUT2D eigenvalue weighted by Gasteiger charge is -2.09. The second-order valence-electron chi connectivity index (χ2n) is 6.41. The van der Waals surface area contributed by atoms with Crippen molar-refractivity contribution in [1.82, 2.24) is 24.5 Å². The summed E-state index contributed by atoms with van der Waals surface area (Å²) >= 11 is 1.39. The fraction of sp³-hybridized carbons (Fsp3) is 0.150. The van der Waals surface area contributed by atoms with E-state index in [0.29, 0.717) is 16.4 Å². The van der Waals surface area contributed by atoms with Gasteiger partial charge >= 0.3 is 0 Å². The van der Waals surface area contributed by atoms with Crippen LogP contribution in [0.3, 0.4) is 0 Å². The Labute approximate surface area is 171 Å². The third-order valence-electron chi connectivity index (χ3n) is 4.25. The Morgan fingerprint density at radius 1 is 1.03 bits per heavy atom. The van der Waals surface area contributed by atoms with Gasteiger partial charge in [0.25, 0.3) is 5.91 Å². The molecule has 0 atom stereocenters. The van der Waals surface area contributed by atoms with E-state index in [-0.39, 0.29) is 5.91 Å². The fourth-order valence-electron chi connectivity index (χ4n) is 2.88. The molecule has 0 aliphatic rings. The lowest BCUT2D eigenvalue weighted by Crippen LogP contribution is -2.11. The Morgan fingerprint density at radius 3 is 2.45 bits per heavy atom. The van der Waals surface area contributed by atoms with Gasteiger partial charge in [-0.05, 0) is 45.0 Å². The Morgan fingerprint density at radius 2 is 1.79 bits per heavy atom.